The van der Waals surface area contributed by atoms with Gasteiger partial charge in [-0.2, -0.15) is 0 Å². The van der Waals surface area contributed by atoms with Gasteiger partial charge in [-0.25, -0.2) is 4.39 Å². The zero-order chi connectivity index (χ0) is 12.3. The molecule has 0 amide bonds. The van der Waals surface area contributed by atoms with Gasteiger partial charge in [0.15, 0.2) is 0 Å². The highest BCUT2D eigenvalue weighted by Gasteiger charge is 2.01. The minimum absolute atomic E-state index is 0.215. The number of rotatable bonds is 3. The molecule has 1 nitrogen and oxygen atoms in total. The van der Waals surface area contributed by atoms with E-state index in [1.807, 2.05) is 24.3 Å². The Hall–Kier alpha value is -0.620. The summed E-state index contributed by atoms with van der Waals surface area (Å²) in [6.45, 7) is 0.596. The fraction of sp³-hybridized carbons (Fsp3) is 0.0769. The van der Waals surface area contributed by atoms with E-state index >= 15 is 0 Å². The molecule has 0 aliphatic carbocycles. The van der Waals surface area contributed by atoms with Crippen molar-refractivity contribution in [3.63, 3.8) is 0 Å². The Bertz CT molecular complexity index is 513. The Labute approximate surface area is 122 Å². The fourth-order valence-electron chi connectivity index (χ4n) is 1.44. The molecule has 0 aliphatic heterocycles. The number of benzene rings is 2. The van der Waals surface area contributed by atoms with Crippen molar-refractivity contribution in [3.05, 3.63) is 61.9 Å². The van der Waals surface area contributed by atoms with Crippen LogP contribution in [0.2, 0.25) is 0 Å². The van der Waals surface area contributed by atoms with Crippen molar-refractivity contribution >= 4 is 44.2 Å². The second-order valence-electron chi connectivity index (χ2n) is 3.60. The van der Waals surface area contributed by atoms with Crippen molar-refractivity contribution in [1.82, 2.24) is 0 Å². The number of hydrogen-bond donors (Lipinski definition) is 1. The number of nitrogens with one attached hydrogen (secondary N) is 1. The summed E-state index contributed by atoms with van der Waals surface area (Å²) < 4.78 is 15.2. The molecular formula is C13H10BrFIN. The molecular weight excluding hydrogens is 396 g/mol. The summed E-state index contributed by atoms with van der Waals surface area (Å²) in [6, 6.07) is 12.8. The van der Waals surface area contributed by atoms with Crippen LogP contribution in [0.25, 0.3) is 0 Å². The molecule has 0 heterocycles. The second kappa shape index (κ2) is 5.82. The smallest absolute Gasteiger partial charge is 0.123 e. The van der Waals surface area contributed by atoms with Crippen molar-refractivity contribution in [2.75, 3.05) is 5.32 Å². The van der Waals surface area contributed by atoms with E-state index in [0.29, 0.717) is 6.54 Å². The van der Waals surface area contributed by atoms with Crippen molar-refractivity contribution < 1.29 is 4.39 Å². The first-order chi connectivity index (χ1) is 8.15. The van der Waals surface area contributed by atoms with Crippen LogP contribution in [0.3, 0.4) is 0 Å². The summed E-state index contributed by atoms with van der Waals surface area (Å²) in [5.41, 5.74) is 1.94. The third-order valence-corrected chi connectivity index (χ3v) is 3.83. The second-order valence-corrected chi connectivity index (χ2v) is 5.70. The van der Waals surface area contributed by atoms with Gasteiger partial charge in [0.2, 0.25) is 0 Å². The van der Waals surface area contributed by atoms with Crippen molar-refractivity contribution in [2.24, 2.45) is 0 Å². The van der Waals surface area contributed by atoms with Crippen LogP contribution in [0.4, 0.5) is 10.1 Å². The molecule has 2 rings (SSSR count). The maximum Gasteiger partial charge on any atom is 0.123 e. The lowest BCUT2D eigenvalue weighted by molar-refractivity contribution is 0.625. The molecule has 2 aromatic carbocycles. The van der Waals surface area contributed by atoms with Crippen LogP contribution in [-0.2, 0) is 6.54 Å². The highest BCUT2D eigenvalue weighted by Crippen LogP contribution is 2.19. The van der Waals surface area contributed by atoms with E-state index in [0.717, 1.165) is 15.7 Å². The fourth-order valence-corrected chi connectivity index (χ4v) is 2.19. The third kappa shape index (κ3) is 3.67. The number of anilines is 1. The first-order valence-electron chi connectivity index (χ1n) is 5.08. The molecule has 17 heavy (non-hydrogen) atoms. The van der Waals surface area contributed by atoms with E-state index < -0.39 is 0 Å². The topological polar surface area (TPSA) is 12.0 Å². The Morgan fingerprint density at radius 3 is 2.53 bits per heavy atom. The molecule has 0 atom stereocenters. The molecule has 0 saturated heterocycles. The molecule has 1 N–H and O–H groups in total. The molecule has 0 bridgehead atoms. The zero-order valence-electron chi connectivity index (χ0n) is 8.88. The van der Waals surface area contributed by atoms with Gasteiger partial charge in [-0.1, -0.05) is 15.9 Å². The highest BCUT2D eigenvalue weighted by molar-refractivity contribution is 14.1. The van der Waals surface area contributed by atoms with E-state index in [9.17, 15) is 4.39 Å². The molecule has 0 radical (unpaired) electrons. The van der Waals surface area contributed by atoms with Crippen LogP contribution in [-0.4, -0.2) is 0 Å². The lowest BCUT2D eigenvalue weighted by Crippen LogP contribution is -2.00. The lowest BCUT2D eigenvalue weighted by atomic mass is 10.2. The summed E-state index contributed by atoms with van der Waals surface area (Å²) in [4.78, 5) is 0. The molecule has 88 valence electrons. The molecule has 0 fully saturated rings. The zero-order valence-corrected chi connectivity index (χ0v) is 12.6. The molecule has 0 aromatic heterocycles. The minimum Gasteiger partial charge on any atom is -0.381 e. The Morgan fingerprint density at radius 1 is 1.12 bits per heavy atom. The summed E-state index contributed by atoms with van der Waals surface area (Å²) in [7, 11) is 0. The van der Waals surface area contributed by atoms with Crippen LogP contribution < -0.4 is 5.32 Å². The molecule has 0 unspecified atom stereocenters. The predicted molar refractivity (Wildman–Crippen MR) is 80.6 cm³/mol. The van der Waals surface area contributed by atoms with Gasteiger partial charge in [-0.05, 0) is 70.6 Å². The van der Waals surface area contributed by atoms with Gasteiger partial charge in [-0.3, -0.25) is 0 Å². The first-order valence-corrected chi connectivity index (χ1v) is 6.96. The average Bonchev–Trinajstić information content (AvgIpc) is 2.32. The lowest BCUT2D eigenvalue weighted by Gasteiger charge is -2.08. The van der Waals surface area contributed by atoms with Gasteiger partial charge in [0, 0.05) is 20.3 Å². The van der Waals surface area contributed by atoms with Crippen molar-refractivity contribution in [3.8, 4) is 0 Å². The van der Waals surface area contributed by atoms with Gasteiger partial charge in [0.25, 0.3) is 0 Å². The molecule has 0 spiro atoms. The molecule has 0 saturated carbocycles. The van der Waals surface area contributed by atoms with Gasteiger partial charge in [-0.15, -0.1) is 0 Å². The summed E-state index contributed by atoms with van der Waals surface area (Å²) >= 11 is 5.67. The average molecular weight is 406 g/mol. The van der Waals surface area contributed by atoms with E-state index in [4.69, 9.17) is 0 Å². The van der Waals surface area contributed by atoms with E-state index in [1.165, 1.54) is 15.7 Å². The maximum absolute atomic E-state index is 13.1. The first kappa shape index (κ1) is 12.8. The monoisotopic (exact) mass is 405 g/mol. The summed E-state index contributed by atoms with van der Waals surface area (Å²) in [5, 5.41) is 3.26. The van der Waals surface area contributed by atoms with Gasteiger partial charge in [0.05, 0.1) is 0 Å². The van der Waals surface area contributed by atoms with Crippen molar-refractivity contribution in [2.45, 2.75) is 6.54 Å². The van der Waals surface area contributed by atoms with Crippen LogP contribution >= 0.6 is 38.5 Å². The van der Waals surface area contributed by atoms with Gasteiger partial charge < -0.3 is 5.32 Å². The normalized spacial score (nSPS) is 10.3. The Balaban J connectivity index is 2.07. The SMILES string of the molecule is Fc1ccc(Br)c(CNc2ccc(I)cc2)c1. The summed E-state index contributed by atoms with van der Waals surface area (Å²) in [6.07, 6.45) is 0. The quantitative estimate of drug-likeness (QED) is 0.723. The van der Waals surface area contributed by atoms with Crippen LogP contribution in [0.1, 0.15) is 5.56 Å². The van der Waals surface area contributed by atoms with E-state index in [-0.39, 0.29) is 5.82 Å². The minimum atomic E-state index is -0.215. The van der Waals surface area contributed by atoms with Crippen LogP contribution in [0, 0.1) is 9.39 Å². The van der Waals surface area contributed by atoms with Gasteiger partial charge in [0.1, 0.15) is 5.82 Å². The van der Waals surface area contributed by atoms with Crippen LogP contribution in [0.5, 0.6) is 0 Å². The highest BCUT2D eigenvalue weighted by atomic mass is 127. The number of halogens is 3. The summed E-state index contributed by atoms with van der Waals surface area (Å²) in [5.74, 6) is -0.215. The molecule has 2 aromatic rings. The Kier molecular flexibility index (Phi) is 4.39. The van der Waals surface area contributed by atoms with Gasteiger partial charge >= 0.3 is 0 Å². The predicted octanol–water partition coefficient (Wildman–Crippen LogP) is 4.80. The maximum atomic E-state index is 13.1. The van der Waals surface area contributed by atoms with E-state index in [2.05, 4.69) is 43.8 Å². The molecule has 4 heteroatoms. The molecule has 0 aliphatic rings. The van der Waals surface area contributed by atoms with Crippen molar-refractivity contribution in [1.29, 1.82) is 0 Å². The standard InChI is InChI=1S/C13H10BrFIN/c14-13-6-1-10(15)7-9(13)8-17-12-4-2-11(16)3-5-12/h1-7,17H,8H2. The Morgan fingerprint density at radius 2 is 1.82 bits per heavy atom. The largest absolute Gasteiger partial charge is 0.381 e. The third-order valence-electron chi connectivity index (χ3n) is 2.33. The van der Waals surface area contributed by atoms with E-state index in [1.54, 1.807) is 6.07 Å². The van der Waals surface area contributed by atoms with Crippen LogP contribution in [0.15, 0.2) is 46.9 Å². The number of hydrogen-bond acceptors (Lipinski definition) is 1.